The third-order valence-electron chi connectivity index (χ3n) is 4.19. The Bertz CT molecular complexity index is 1200. The summed E-state index contributed by atoms with van der Waals surface area (Å²) in [5.74, 6) is 0.342. The lowest BCUT2D eigenvalue weighted by molar-refractivity contribution is 0.589. The second-order valence-electron chi connectivity index (χ2n) is 5.99. The number of hydrogen-bond donors (Lipinski definition) is 0. The summed E-state index contributed by atoms with van der Waals surface area (Å²) >= 11 is 6.28. The summed E-state index contributed by atoms with van der Waals surface area (Å²) in [6.07, 6.45) is 0. The first-order chi connectivity index (χ1) is 12.5. The number of hydrogen-bond acceptors (Lipinski definition) is 3. The lowest BCUT2D eigenvalue weighted by Crippen LogP contribution is -2.14. The quantitative estimate of drug-likeness (QED) is 0.506. The zero-order valence-corrected chi connectivity index (χ0v) is 15.5. The number of imidazole rings is 1. The number of para-hydroxylation sites is 1. The maximum atomic E-state index is 13.4. The van der Waals surface area contributed by atoms with Crippen molar-refractivity contribution in [3.05, 3.63) is 83.4 Å². The van der Waals surface area contributed by atoms with Gasteiger partial charge >= 0.3 is 0 Å². The molecule has 1 aromatic heterocycles. The number of benzene rings is 3. The molecular formula is C20H15ClN2O2S. The van der Waals surface area contributed by atoms with Gasteiger partial charge in [-0.25, -0.2) is 17.4 Å². The Morgan fingerprint density at radius 1 is 0.885 bits per heavy atom. The van der Waals surface area contributed by atoms with Gasteiger partial charge < -0.3 is 0 Å². The van der Waals surface area contributed by atoms with E-state index < -0.39 is 10.0 Å². The summed E-state index contributed by atoms with van der Waals surface area (Å²) in [5.41, 5.74) is 2.61. The zero-order chi connectivity index (χ0) is 18.3. The zero-order valence-electron chi connectivity index (χ0n) is 13.9. The summed E-state index contributed by atoms with van der Waals surface area (Å²) in [6.45, 7) is 1.91. The van der Waals surface area contributed by atoms with E-state index >= 15 is 0 Å². The number of fused-ring (bicyclic) bond motifs is 1. The van der Waals surface area contributed by atoms with Gasteiger partial charge in [-0.05, 0) is 31.2 Å². The van der Waals surface area contributed by atoms with E-state index in [2.05, 4.69) is 4.98 Å². The molecular weight excluding hydrogens is 368 g/mol. The Morgan fingerprint density at radius 2 is 1.58 bits per heavy atom. The van der Waals surface area contributed by atoms with Crippen molar-refractivity contribution in [3.8, 4) is 11.4 Å². The van der Waals surface area contributed by atoms with E-state index in [1.165, 1.54) is 3.97 Å². The fraction of sp³-hybridized carbons (Fsp3) is 0.0500. The van der Waals surface area contributed by atoms with Gasteiger partial charge in [-0.1, -0.05) is 65.7 Å². The molecule has 0 saturated carbocycles. The number of halogens is 1. The van der Waals surface area contributed by atoms with Crippen LogP contribution in [-0.4, -0.2) is 17.4 Å². The smallest absolute Gasteiger partial charge is 0.226 e. The van der Waals surface area contributed by atoms with Crippen LogP contribution in [0.1, 0.15) is 5.56 Å². The molecule has 0 bridgehead atoms. The first-order valence-electron chi connectivity index (χ1n) is 8.03. The van der Waals surface area contributed by atoms with Crippen molar-refractivity contribution in [1.29, 1.82) is 0 Å². The molecule has 0 atom stereocenters. The van der Waals surface area contributed by atoms with E-state index in [1.54, 1.807) is 42.5 Å². The second kappa shape index (κ2) is 6.27. The Hall–Kier alpha value is -2.63. The van der Waals surface area contributed by atoms with Gasteiger partial charge in [0.15, 0.2) is 5.82 Å². The van der Waals surface area contributed by atoms with E-state index in [0.717, 1.165) is 5.56 Å². The molecule has 0 N–H and O–H groups in total. The first kappa shape index (κ1) is 16.8. The monoisotopic (exact) mass is 382 g/mol. The molecule has 0 amide bonds. The number of nitrogens with zero attached hydrogens (tertiary/aromatic N) is 2. The highest BCUT2D eigenvalue weighted by molar-refractivity contribution is 7.90. The third-order valence-corrected chi connectivity index (χ3v) is 6.21. The van der Waals surface area contributed by atoms with Gasteiger partial charge in [0.05, 0.1) is 15.4 Å². The molecule has 26 heavy (non-hydrogen) atoms. The highest BCUT2D eigenvalue weighted by atomic mass is 35.5. The van der Waals surface area contributed by atoms with Crippen LogP contribution in [0.5, 0.6) is 0 Å². The number of aromatic nitrogens is 2. The average molecular weight is 383 g/mol. The summed E-state index contributed by atoms with van der Waals surface area (Å²) in [6, 6.07) is 21.1. The van der Waals surface area contributed by atoms with Crippen LogP contribution in [0.3, 0.4) is 0 Å². The van der Waals surface area contributed by atoms with Crippen molar-refractivity contribution in [2.45, 2.75) is 11.8 Å². The van der Waals surface area contributed by atoms with Crippen LogP contribution in [0.4, 0.5) is 0 Å². The minimum absolute atomic E-state index is 0.208. The van der Waals surface area contributed by atoms with Gasteiger partial charge in [-0.2, -0.15) is 0 Å². The van der Waals surface area contributed by atoms with Crippen LogP contribution in [0.15, 0.2) is 77.7 Å². The van der Waals surface area contributed by atoms with Crippen molar-refractivity contribution < 1.29 is 8.42 Å². The molecule has 0 aliphatic heterocycles. The van der Waals surface area contributed by atoms with Crippen molar-refractivity contribution in [2.75, 3.05) is 0 Å². The van der Waals surface area contributed by atoms with E-state index in [9.17, 15) is 8.42 Å². The minimum atomic E-state index is -3.84. The molecule has 4 nitrogen and oxygen atoms in total. The van der Waals surface area contributed by atoms with Gasteiger partial charge in [0.2, 0.25) is 0 Å². The molecule has 6 heteroatoms. The lowest BCUT2D eigenvalue weighted by atomic mass is 10.2. The maximum absolute atomic E-state index is 13.4. The van der Waals surface area contributed by atoms with Gasteiger partial charge in [0.25, 0.3) is 10.0 Å². The van der Waals surface area contributed by atoms with Gasteiger partial charge in [-0.15, -0.1) is 0 Å². The first-order valence-corrected chi connectivity index (χ1v) is 9.85. The van der Waals surface area contributed by atoms with Crippen LogP contribution in [0, 0.1) is 6.92 Å². The molecule has 1 heterocycles. The highest BCUT2D eigenvalue weighted by Gasteiger charge is 2.25. The van der Waals surface area contributed by atoms with Crippen molar-refractivity contribution >= 4 is 32.7 Å². The van der Waals surface area contributed by atoms with Crippen LogP contribution >= 0.6 is 11.6 Å². The molecule has 4 rings (SSSR count). The molecule has 0 unspecified atom stereocenters. The summed E-state index contributed by atoms with van der Waals surface area (Å²) in [5, 5.41) is 0.414. The lowest BCUT2D eigenvalue weighted by Gasteiger charge is -2.11. The van der Waals surface area contributed by atoms with Crippen molar-refractivity contribution in [1.82, 2.24) is 8.96 Å². The van der Waals surface area contributed by atoms with Crippen LogP contribution in [0.25, 0.3) is 22.4 Å². The third kappa shape index (κ3) is 2.69. The summed E-state index contributed by atoms with van der Waals surface area (Å²) < 4.78 is 28.1. The fourth-order valence-electron chi connectivity index (χ4n) is 2.87. The van der Waals surface area contributed by atoms with E-state index in [1.807, 2.05) is 37.3 Å². The summed E-state index contributed by atoms with van der Waals surface area (Å²) in [7, 11) is -3.84. The predicted octanol–water partition coefficient (Wildman–Crippen LogP) is 4.90. The minimum Gasteiger partial charge on any atom is -0.226 e. The second-order valence-corrected chi connectivity index (χ2v) is 8.19. The van der Waals surface area contributed by atoms with Crippen LogP contribution < -0.4 is 0 Å². The fourth-order valence-corrected chi connectivity index (χ4v) is 4.55. The molecule has 4 aromatic rings. The molecule has 0 saturated heterocycles. The molecule has 3 aromatic carbocycles. The molecule has 0 spiro atoms. The van der Waals surface area contributed by atoms with Gasteiger partial charge in [0, 0.05) is 5.56 Å². The maximum Gasteiger partial charge on any atom is 0.269 e. The van der Waals surface area contributed by atoms with Crippen LogP contribution in [-0.2, 0) is 10.0 Å². The number of rotatable bonds is 3. The van der Waals surface area contributed by atoms with Crippen molar-refractivity contribution in [2.24, 2.45) is 0 Å². The number of aryl methyl sites for hydroxylation is 1. The van der Waals surface area contributed by atoms with Crippen LogP contribution in [0.2, 0.25) is 5.02 Å². The molecule has 130 valence electrons. The SMILES string of the molecule is Cc1ccc(S(=O)(=O)n2c(-c3ccccc3)nc3c(Cl)cccc32)cc1. The predicted molar refractivity (Wildman–Crippen MR) is 104 cm³/mol. The Morgan fingerprint density at radius 3 is 2.27 bits per heavy atom. The largest absolute Gasteiger partial charge is 0.269 e. The topological polar surface area (TPSA) is 52.0 Å². The molecule has 0 aliphatic rings. The van der Waals surface area contributed by atoms with Crippen molar-refractivity contribution in [3.63, 3.8) is 0 Å². The average Bonchev–Trinajstić information content (AvgIpc) is 3.05. The summed E-state index contributed by atoms with van der Waals surface area (Å²) in [4.78, 5) is 4.75. The van der Waals surface area contributed by atoms with Gasteiger partial charge in [0.1, 0.15) is 5.52 Å². The standard InChI is InChI=1S/C20H15ClN2O2S/c1-14-10-12-16(13-11-14)26(24,25)23-18-9-5-8-17(21)19(18)22-20(23)15-6-3-2-4-7-15/h2-13H,1H3. The Labute approximate surface area is 156 Å². The molecule has 0 aliphatic carbocycles. The normalized spacial score (nSPS) is 11.8. The molecule has 0 fully saturated rings. The highest BCUT2D eigenvalue weighted by Crippen LogP contribution is 2.32. The Kier molecular flexibility index (Phi) is 4.05. The van der Waals surface area contributed by atoms with E-state index in [0.29, 0.717) is 27.4 Å². The molecule has 0 radical (unpaired) electrons. The Balaban J connectivity index is 2.08. The van der Waals surface area contributed by atoms with E-state index in [4.69, 9.17) is 11.6 Å². The van der Waals surface area contributed by atoms with Gasteiger partial charge in [-0.3, -0.25) is 0 Å². The van der Waals surface area contributed by atoms with E-state index in [-0.39, 0.29) is 4.90 Å².